The Balaban J connectivity index is 0.00000280. The highest BCUT2D eigenvalue weighted by Gasteiger charge is 2.17. The zero-order valence-electron chi connectivity index (χ0n) is 17.2. The van der Waals surface area contributed by atoms with E-state index in [2.05, 4.69) is 39.6 Å². The first kappa shape index (κ1) is 23.1. The number of benzene rings is 1. The number of rotatable bonds is 8. The van der Waals surface area contributed by atoms with Gasteiger partial charge in [-0.1, -0.05) is 12.5 Å². The van der Waals surface area contributed by atoms with Crippen LogP contribution in [-0.4, -0.2) is 56.9 Å². The van der Waals surface area contributed by atoms with Crippen LogP contribution in [0, 0.1) is 0 Å². The molecule has 2 aliphatic heterocycles. The second-order valence-electron chi connectivity index (χ2n) is 7.45. The number of unbranched alkanes of at least 4 members (excludes halogenated alkanes) is 1. The molecule has 158 valence electrons. The van der Waals surface area contributed by atoms with E-state index in [1.54, 1.807) is 0 Å². The summed E-state index contributed by atoms with van der Waals surface area (Å²) in [4.78, 5) is 6.96. The second-order valence-corrected chi connectivity index (χ2v) is 7.45. The molecule has 1 unspecified atom stereocenters. The number of hydrogen-bond acceptors (Lipinski definition) is 4. The molecular weight excluding hydrogens is 467 g/mol. The van der Waals surface area contributed by atoms with Gasteiger partial charge in [0.15, 0.2) is 17.5 Å². The van der Waals surface area contributed by atoms with E-state index < -0.39 is 0 Å². The lowest BCUT2D eigenvalue weighted by Crippen LogP contribution is -2.40. The van der Waals surface area contributed by atoms with E-state index in [0.29, 0.717) is 6.79 Å². The van der Waals surface area contributed by atoms with Gasteiger partial charge in [-0.05, 0) is 69.8 Å². The highest BCUT2D eigenvalue weighted by Crippen LogP contribution is 2.32. The third-order valence-corrected chi connectivity index (χ3v) is 5.47. The summed E-state index contributed by atoms with van der Waals surface area (Å²) in [5.74, 6) is 2.56. The minimum absolute atomic E-state index is 0. The number of halogens is 1. The van der Waals surface area contributed by atoms with Gasteiger partial charge in [-0.25, -0.2) is 0 Å². The highest BCUT2D eigenvalue weighted by atomic mass is 127. The molecule has 2 aliphatic rings. The van der Waals surface area contributed by atoms with Gasteiger partial charge in [0.25, 0.3) is 0 Å². The summed E-state index contributed by atoms with van der Waals surface area (Å²) in [6.45, 7) is 6.99. The van der Waals surface area contributed by atoms with Gasteiger partial charge in [-0.15, -0.1) is 24.0 Å². The molecule has 2 heterocycles. The van der Waals surface area contributed by atoms with Gasteiger partial charge < -0.3 is 25.0 Å². The van der Waals surface area contributed by atoms with Crippen molar-refractivity contribution in [1.29, 1.82) is 0 Å². The van der Waals surface area contributed by atoms with Crippen molar-refractivity contribution < 1.29 is 9.47 Å². The van der Waals surface area contributed by atoms with E-state index in [1.807, 2.05) is 13.1 Å². The first-order valence-corrected chi connectivity index (χ1v) is 10.3. The lowest BCUT2D eigenvalue weighted by atomic mass is 10.0. The minimum Gasteiger partial charge on any atom is -0.454 e. The summed E-state index contributed by atoms with van der Waals surface area (Å²) in [5, 5.41) is 6.81. The van der Waals surface area contributed by atoms with Gasteiger partial charge >= 0.3 is 0 Å². The molecule has 1 saturated heterocycles. The highest BCUT2D eigenvalue weighted by molar-refractivity contribution is 14.0. The number of guanidine groups is 1. The molecule has 1 fully saturated rings. The molecule has 6 nitrogen and oxygen atoms in total. The molecule has 1 atom stereocenters. The fourth-order valence-electron chi connectivity index (χ4n) is 3.78. The molecule has 0 amide bonds. The number of nitrogens with one attached hydrogen (secondary N) is 2. The van der Waals surface area contributed by atoms with Crippen molar-refractivity contribution in [3.05, 3.63) is 23.8 Å². The lowest BCUT2D eigenvalue weighted by Gasteiger charge is -2.33. The van der Waals surface area contributed by atoms with Crippen molar-refractivity contribution in [2.75, 3.05) is 40.0 Å². The molecule has 1 aromatic carbocycles. The topological polar surface area (TPSA) is 58.1 Å². The fourth-order valence-corrected chi connectivity index (χ4v) is 3.78. The van der Waals surface area contributed by atoms with Gasteiger partial charge in [0.1, 0.15) is 0 Å². The van der Waals surface area contributed by atoms with Crippen LogP contribution in [-0.2, 0) is 6.42 Å². The largest absolute Gasteiger partial charge is 0.454 e. The summed E-state index contributed by atoms with van der Waals surface area (Å²) >= 11 is 0. The van der Waals surface area contributed by atoms with Gasteiger partial charge in [0.05, 0.1) is 0 Å². The predicted molar refractivity (Wildman–Crippen MR) is 125 cm³/mol. The Morgan fingerprint density at radius 1 is 1.14 bits per heavy atom. The molecule has 1 aromatic rings. The molecule has 0 aromatic heterocycles. The van der Waals surface area contributed by atoms with Gasteiger partial charge in [0, 0.05) is 26.2 Å². The van der Waals surface area contributed by atoms with E-state index >= 15 is 0 Å². The van der Waals surface area contributed by atoms with Crippen LogP contribution < -0.4 is 20.1 Å². The van der Waals surface area contributed by atoms with Crippen molar-refractivity contribution in [2.24, 2.45) is 4.99 Å². The Morgan fingerprint density at radius 2 is 1.96 bits per heavy atom. The van der Waals surface area contributed by atoms with Gasteiger partial charge in [-0.2, -0.15) is 0 Å². The van der Waals surface area contributed by atoms with Crippen LogP contribution in [0.25, 0.3) is 0 Å². The Labute approximate surface area is 186 Å². The van der Waals surface area contributed by atoms with Crippen LogP contribution in [0.4, 0.5) is 0 Å². The lowest BCUT2D eigenvalue weighted by molar-refractivity contribution is 0.158. The Bertz CT molecular complexity index is 626. The monoisotopic (exact) mass is 502 g/mol. The van der Waals surface area contributed by atoms with Crippen LogP contribution in [0.15, 0.2) is 23.2 Å². The molecular formula is C21H35IN4O2. The number of hydrogen-bond donors (Lipinski definition) is 2. The quantitative estimate of drug-likeness (QED) is 0.247. The average Bonchev–Trinajstić information content (AvgIpc) is 3.15. The third-order valence-electron chi connectivity index (χ3n) is 5.47. The first-order chi connectivity index (χ1) is 13.3. The van der Waals surface area contributed by atoms with Crippen molar-refractivity contribution in [2.45, 2.75) is 51.5 Å². The van der Waals surface area contributed by atoms with Crippen LogP contribution in [0.2, 0.25) is 0 Å². The Kier molecular flexibility index (Phi) is 10.2. The van der Waals surface area contributed by atoms with Gasteiger partial charge in [0.2, 0.25) is 6.79 Å². The summed E-state index contributed by atoms with van der Waals surface area (Å²) < 4.78 is 10.8. The number of ether oxygens (including phenoxy) is 2. The van der Waals surface area contributed by atoms with E-state index in [4.69, 9.17) is 9.47 Å². The van der Waals surface area contributed by atoms with E-state index in [9.17, 15) is 0 Å². The Morgan fingerprint density at radius 3 is 2.79 bits per heavy atom. The summed E-state index contributed by atoms with van der Waals surface area (Å²) in [5.41, 5.74) is 1.23. The smallest absolute Gasteiger partial charge is 0.231 e. The van der Waals surface area contributed by atoms with Crippen molar-refractivity contribution in [1.82, 2.24) is 15.5 Å². The molecule has 7 heteroatoms. The first-order valence-electron chi connectivity index (χ1n) is 10.3. The Hall–Kier alpha value is -1.22. The number of likely N-dealkylation sites (tertiary alicyclic amines) is 1. The maximum atomic E-state index is 5.43. The fraction of sp³-hybridized carbons (Fsp3) is 0.667. The van der Waals surface area contributed by atoms with E-state index in [-0.39, 0.29) is 24.0 Å². The molecule has 2 N–H and O–H groups in total. The van der Waals surface area contributed by atoms with E-state index in [0.717, 1.165) is 43.0 Å². The molecule has 0 bridgehead atoms. The predicted octanol–water partition coefficient (Wildman–Crippen LogP) is 3.40. The zero-order chi connectivity index (χ0) is 18.9. The molecule has 3 rings (SSSR count). The standard InChI is InChI=1S/C21H34N4O2.HI/c1-17-7-3-5-13-25(17)14-6-4-11-23-21(22-2)24-12-10-18-8-9-19-20(15-18)27-16-26-19;/h8-9,15,17H,3-7,10-14,16H2,1-2H3,(H2,22,23,24);1H. The summed E-state index contributed by atoms with van der Waals surface area (Å²) in [7, 11) is 1.82. The van der Waals surface area contributed by atoms with Gasteiger partial charge in [-0.3, -0.25) is 4.99 Å². The third kappa shape index (κ3) is 6.99. The number of nitrogens with zero attached hydrogens (tertiary/aromatic N) is 2. The molecule has 0 aliphatic carbocycles. The minimum atomic E-state index is 0. The maximum absolute atomic E-state index is 5.43. The van der Waals surface area contributed by atoms with Crippen molar-refractivity contribution in [3.63, 3.8) is 0 Å². The van der Waals surface area contributed by atoms with Crippen LogP contribution in [0.3, 0.4) is 0 Å². The van der Waals surface area contributed by atoms with E-state index in [1.165, 1.54) is 50.8 Å². The average molecular weight is 502 g/mol. The number of aliphatic imine (C=N–C) groups is 1. The van der Waals surface area contributed by atoms with Crippen molar-refractivity contribution in [3.8, 4) is 11.5 Å². The SMILES string of the molecule is CN=C(NCCCCN1CCCCC1C)NCCc1ccc2c(c1)OCO2.I. The molecule has 0 saturated carbocycles. The molecule has 0 radical (unpaired) electrons. The summed E-state index contributed by atoms with van der Waals surface area (Å²) in [6.07, 6.45) is 7.45. The normalized spacial score (nSPS) is 19.2. The van der Waals surface area contributed by atoms with Crippen LogP contribution in [0.1, 0.15) is 44.6 Å². The zero-order valence-corrected chi connectivity index (χ0v) is 19.5. The molecule has 0 spiro atoms. The number of piperidine rings is 1. The van der Waals surface area contributed by atoms with Crippen molar-refractivity contribution >= 4 is 29.9 Å². The molecule has 28 heavy (non-hydrogen) atoms. The maximum Gasteiger partial charge on any atom is 0.231 e. The van der Waals surface area contributed by atoms with Crippen LogP contribution in [0.5, 0.6) is 11.5 Å². The van der Waals surface area contributed by atoms with Crippen LogP contribution >= 0.6 is 24.0 Å². The second kappa shape index (κ2) is 12.4. The number of fused-ring (bicyclic) bond motifs is 1. The summed E-state index contributed by atoms with van der Waals surface area (Å²) in [6, 6.07) is 6.89.